The quantitative estimate of drug-likeness (QED) is 0.853. The number of likely N-dealkylation sites (N-methyl/N-ethyl adjacent to an activating group) is 1. The minimum atomic E-state index is -0.190. The van der Waals surface area contributed by atoms with Crippen LogP contribution in [0.15, 0.2) is 18.2 Å². The first kappa shape index (κ1) is 13.3. The van der Waals surface area contributed by atoms with E-state index in [9.17, 15) is 0 Å². The molecule has 0 saturated heterocycles. The maximum atomic E-state index is 6.06. The summed E-state index contributed by atoms with van der Waals surface area (Å²) in [6, 6.07) is 5.73. The van der Waals surface area contributed by atoms with E-state index in [1.54, 1.807) is 0 Å². The van der Waals surface area contributed by atoms with Crippen molar-refractivity contribution in [3.8, 4) is 5.75 Å². The van der Waals surface area contributed by atoms with Gasteiger partial charge in [0.05, 0.1) is 0 Å². The molecule has 0 aliphatic heterocycles. The van der Waals surface area contributed by atoms with E-state index in [1.165, 1.54) is 0 Å². The van der Waals surface area contributed by atoms with Crippen LogP contribution in [0, 0.1) is 6.92 Å². The lowest BCUT2D eigenvalue weighted by Gasteiger charge is -2.30. The Balaban J connectivity index is 2.89. The molecule has 90 valence electrons. The van der Waals surface area contributed by atoms with Gasteiger partial charge in [-0.25, -0.2) is 0 Å². The van der Waals surface area contributed by atoms with Gasteiger partial charge in [0.1, 0.15) is 11.4 Å². The molecule has 3 heteroatoms. The number of halogens is 1. The molecule has 1 unspecified atom stereocenters. The summed E-state index contributed by atoms with van der Waals surface area (Å²) in [5.41, 5.74) is 0.921. The average Bonchev–Trinajstić information content (AvgIpc) is 2.24. The van der Waals surface area contributed by atoms with Gasteiger partial charge in [0.15, 0.2) is 0 Å². The van der Waals surface area contributed by atoms with Crippen molar-refractivity contribution in [2.75, 3.05) is 13.6 Å². The molecule has 2 nitrogen and oxygen atoms in total. The normalized spacial score (nSPS) is 14.6. The average molecular weight is 242 g/mol. The Labute approximate surface area is 103 Å². The Morgan fingerprint density at radius 1 is 1.44 bits per heavy atom. The SMILES string of the molecule is CCC(C)(CNC)Oc1cc(Cl)ccc1C. The molecule has 0 heterocycles. The van der Waals surface area contributed by atoms with Crippen LogP contribution in [0.3, 0.4) is 0 Å². The molecule has 0 spiro atoms. The van der Waals surface area contributed by atoms with Gasteiger partial charge in [-0.15, -0.1) is 0 Å². The number of hydrogen-bond acceptors (Lipinski definition) is 2. The van der Waals surface area contributed by atoms with E-state index in [1.807, 2.05) is 32.2 Å². The summed E-state index contributed by atoms with van der Waals surface area (Å²) >= 11 is 5.97. The van der Waals surface area contributed by atoms with Crippen molar-refractivity contribution in [1.82, 2.24) is 5.32 Å². The first-order chi connectivity index (χ1) is 7.50. The number of nitrogens with one attached hydrogen (secondary N) is 1. The summed E-state index contributed by atoms with van der Waals surface area (Å²) in [5.74, 6) is 0.868. The predicted molar refractivity (Wildman–Crippen MR) is 69.4 cm³/mol. The Morgan fingerprint density at radius 2 is 2.12 bits per heavy atom. The third-order valence-electron chi connectivity index (χ3n) is 2.81. The van der Waals surface area contributed by atoms with E-state index in [2.05, 4.69) is 19.2 Å². The molecule has 0 aliphatic carbocycles. The molecular weight excluding hydrogens is 222 g/mol. The standard InChI is InChI=1S/C13H20ClNO/c1-5-13(3,9-15-4)16-12-8-11(14)7-6-10(12)2/h6-8,15H,5,9H2,1-4H3. The molecule has 0 fully saturated rings. The molecule has 0 saturated carbocycles. The molecule has 0 aliphatic rings. The molecular formula is C13H20ClNO. The monoisotopic (exact) mass is 241 g/mol. The molecule has 0 aromatic heterocycles. The van der Waals surface area contributed by atoms with E-state index in [-0.39, 0.29) is 5.60 Å². The second-order valence-corrected chi connectivity index (χ2v) is 4.78. The number of aryl methyl sites for hydroxylation is 1. The molecule has 1 aromatic rings. The van der Waals surface area contributed by atoms with Crippen LogP contribution in [0.1, 0.15) is 25.8 Å². The Kier molecular flexibility index (Phi) is 4.63. The third kappa shape index (κ3) is 3.39. The Hall–Kier alpha value is -0.730. The van der Waals surface area contributed by atoms with Crippen LogP contribution >= 0.6 is 11.6 Å². The van der Waals surface area contributed by atoms with Crippen molar-refractivity contribution in [1.29, 1.82) is 0 Å². The minimum absolute atomic E-state index is 0.190. The van der Waals surface area contributed by atoms with Gasteiger partial charge in [0.25, 0.3) is 0 Å². The van der Waals surface area contributed by atoms with Crippen molar-refractivity contribution < 1.29 is 4.74 Å². The van der Waals surface area contributed by atoms with Crippen LogP contribution < -0.4 is 10.1 Å². The van der Waals surface area contributed by atoms with E-state index < -0.39 is 0 Å². The molecule has 16 heavy (non-hydrogen) atoms. The van der Waals surface area contributed by atoms with Gasteiger partial charge in [0.2, 0.25) is 0 Å². The fraction of sp³-hybridized carbons (Fsp3) is 0.538. The van der Waals surface area contributed by atoms with Crippen LogP contribution in [0.5, 0.6) is 5.75 Å². The maximum absolute atomic E-state index is 6.06. The molecule has 0 bridgehead atoms. The summed E-state index contributed by atoms with van der Waals surface area (Å²) in [7, 11) is 1.93. The van der Waals surface area contributed by atoms with E-state index >= 15 is 0 Å². The van der Waals surface area contributed by atoms with Gasteiger partial charge in [-0.2, -0.15) is 0 Å². The van der Waals surface area contributed by atoms with Crippen molar-refractivity contribution in [3.05, 3.63) is 28.8 Å². The van der Waals surface area contributed by atoms with Gasteiger partial charge in [-0.05, 0) is 45.0 Å². The van der Waals surface area contributed by atoms with E-state index in [4.69, 9.17) is 16.3 Å². The molecule has 1 N–H and O–H groups in total. The van der Waals surface area contributed by atoms with Gasteiger partial charge in [0, 0.05) is 11.6 Å². The van der Waals surface area contributed by atoms with Crippen LogP contribution in [0.4, 0.5) is 0 Å². The third-order valence-corrected chi connectivity index (χ3v) is 3.04. The first-order valence-electron chi connectivity index (χ1n) is 5.60. The zero-order valence-corrected chi connectivity index (χ0v) is 11.2. The lowest BCUT2D eigenvalue weighted by molar-refractivity contribution is 0.0850. The summed E-state index contributed by atoms with van der Waals surface area (Å²) in [6.07, 6.45) is 0.944. The number of ether oxygens (including phenoxy) is 1. The van der Waals surface area contributed by atoms with Gasteiger partial charge >= 0.3 is 0 Å². The van der Waals surface area contributed by atoms with Gasteiger partial charge < -0.3 is 10.1 Å². The predicted octanol–water partition coefficient (Wildman–Crippen LogP) is 3.42. The molecule has 0 radical (unpaired) electrons. The topological polar surface area (TPSA) is 21.3 Å². The Bertz CT molecular complexity index is 354. The van der Waals surface area contributed by atoms with Crippen LogP contribution in [-0.4, -0.2) is 19.2 Å². The van der Waals surface area contributed by atoms with Crippen molar-refractivity contribution >= 4 is 11.6 Å². The second kappa shape index (κ2) is 5.55. The summed E-state index contributed by atoms with van der Waals surface area (Å²) in [5, 5.41) is 3.87. The van der Waals surface area contributed by atoms with Crippen molar-refractivity contribution in [2.24, 2.45) is 0 Å². The fourth-order valence-corrected chi connectivity index (χ4v) is 1.72. The Morgan fingerprint density at radius 3 is 2.69 bits per heavy atom. The van der Waals surface area contributed by atoms with Crippen LogP contribution in [0.25, 0.3) is 0 Å². The van der Waals surface area contributed by atoms with Crippen LogP contribution in [0.2, 0.25) is 5.02 Å². The smallest absolute Gasteiger partial charge is 0.124 e. The lowest BCUT2D eigenvalue weighted by Crippen LogP contribution is -2.41. The molecule has 1 rings (SSSR count). The van der Waals surface area contributed by atoms with Gasteiger partial charge in [-0.3, -0.25) is 0 Å². The maximum Gasteiger partial charge on any atom is 0.124 e. The fourth-order valence-electron chi connectivity index (χ4n) is 1.56. The summed E-state index contributed by atoms with van der Waals surface area (Å²) in [6.45, 7) is 7.07. The molecule has 1 atom stereocenters. The van der Waals surface area contributed by atoms with Crippen molar-refractivity contribution in [2.45, 2.75) is 32.8 Å². The highest BCUT2D eigenvalue weighted by atomic mass is 35.5. The van der Waals surface area contributed by atoms with Gasteiger partial charge in [-0.1, -0.05) is 24.6 Å². The molecule has 0 amide bonds. The van der Waals surface area contributed by atoms with Crippen molar-refractivity contribution in [3.63, 3.8) is 0 Å². The van der Waals surface area contributed by atoms with E-state index in [0.29, 0.717) is 5.02 Å². The number of benzene rings is 1. The zero-order chi connectivity index (χ0) is 12.2. The molecule has 1 aromatic carbocycles. The number of rotatable bonds is 5. The second-order valence-electron chi connectivity index (χ2n) is 4.35. The highest BCUT2D eigenvalue weighted by Crippen LogP contribution is 2.27. The summed E-state index contributed by atoms with van der Waals surface area (Å²) < 4.78 is 6.06. The number of hydrogen-bond donors (Lipinski definition) is 1. The highest BCUT2D eigenvalue weighted by Gasteiger charge is 2.23. The largest absolute Gasteiger partial charge is 0.486 e. The highest BCUT2D eigenvalue weighted by molar-refractivity contribution is 6.30. The minimum Gasteiger partial charge on any atom is -0.486 e. The van der Waals surface area contributed by atoms with Crippen LogP contribution in [-0.2, 0) is 0 Å². The summed E-state index contributed by atoms with van der Waals surface area (Å²) in [4.78, 5) is 0. The zero-order valence-electron chi connectivity index (χ0n) is 10.4. The van der Waals surface area contributed by atoms with E-state index in [0.717, 1.165) is 24.3 Å². The lowest BCUT2D eigenvalue weighted by atomic mass is 10.0. The first-order valence-corrected chi connectivity index (χ1v) is 5.98.